The maximum Gasteiger partial charge on any atom is 0.269 e. The predicted octanol–water partition coefficient (Wildman–Crippen LogP) is 6.12. The Morgan fingerprint density at radius 3 is 2.36 bits per heavy atom. The quantitative estimate of drug-likeness (QED) is 0.257. The Kier molecular flexibility index (Phi) is 7.00. The first-order valence-corrected chi connectivity index (χ1v) is 12.4. The summed E-state index contributed by atoms with van der Waals surface area (Å²) in [7, 11) is 0. The van der Waals surface area contributed by atoms with E-state index in [2.05, 4.69) is 11.9 Å². The molecule has 1 heterocycles. The van der Waals surface area contributed by atoms with E-state index in [-0.39, 0.29) is 5.91 Å². The van der Waals surface area contributed by atoms with Crippen molar-refractivity contribution < 1.29 is 9.53 Å². The highest BCUT2D eigenvalue weighted by Gasteiger charge is 2.15. The molecule has 7 heteroatoms. The molecule has 6 nitrogen and oxygen atoms in total. The van der Waals surface area contributed by atoms with Crippen molar-refractivity contribution in [1.82, 2.24) is 9.97 Å². The number of hydrogen-bond acceptors (Lipinski definition) is 5. The first-order valence-electron chi connectivity index (χ1n) is 12.0. The minimum Gasteiger partial charge on any atom is -0.432 e. The van der Waals surface area contributed by atoms with E-state index >= 15 is 0 Å². The van der Waals surface area contributed by atoms with E-state index in [1.807, 2.05) is 53.4 Å². The smallest absolute Gasteiger partial charge is 0.269 e. The summed E-state index contributed by atoms with van der Waals surface area (Å²) in [6, 6.07) is 22.3. The molecule has 0 atom stereocenters. The van der Waals surface area contributed by atoms with Gasteiger partial charge in [-0.3, -0.25) is 9.69 Å². The van der Waals surface area contributed by atoms with Crippen LogP contribution < -0.4 is 15.0 Å². The summed E-state index contributed by atoms with van der Waals surface area (Å²) in [5, 5.41) is 3.26. The van der Waals surface area contributed by atoms with Crippen molar-refractivity contribution in [2.45, 2.75) is 25.7 Å². The van der Waals surface area contributed by atoms with Crippen LogP contribution in [0.4, 0.5) is 11.4 Å². The lowest BCUT2D eigenvalue weighted by Crippen LogP contribution is -2.33. The number of fused-ring (bicyclic) bond motifs is 2. The molecule has 0 saturated carbocycles. The molecule has 0 radical (unpaired) electrons. The van der Waals surface area contributed by atoms with Gasteiger partial charge in [0.1, 0.15) is 5.75 Å². The Balaban J connectivity index is 1.26. The van der Waals surface area contributed by atoms with Crippen LogP contribution in [0.2, 0.25) is 0 Å². The zero-order chi connectivity index (χ0) is 24.9. The number of hydrogen-bond donors (Lipinski definition) is 1. The van der Waals surface area contributed by atoms with Gasteiger partial charge in [0.15, 0.2) is 0 Å². The molecule has 0 unspecified atom stereocenters. The lowest BCUT2D eigenvalue weighted by atomic mass is 10.0. The summed E-state index contributed by atoms with van der Waals surface area (Å²) in [5.74, 6) is 0.333. The number of amides is 1. The third kappa shape index (κ3) is 5.26. The molecule has 3 aromatic carbocycles. The van der Waals surface area contributed by atoms with Crippen molar-refractivity contribution in [3.8, 4) is 5.75 Å². The number of aryl methyl sites for hydroxylation is 2. The first kappa shape index (κ1) is 23.6. The summed E-state index contributed by atoms with van der Waals surface area (Å²) >= 11 is 5.52. The normalized spacial score (nSPS) is 12.4. The fraction of sp³-hybridized carbons (Fsp3) is 0.172. The number of rotatable bonds is 6. The molecule has 180 valence electrons. The molecule has 5 rings (SSSR count). The van der Waals surface area contributed by atoms with Crippen molar-refractivity contribution >= 4 is 45.7 Å². The second kappa shape index (κ2) is 10.7. The van der Waals surface area contributed by atoms with Gasteiger partial charge in [0.25, 0.3) is 11.1 Å². The van der Waals surface area contributed by atoms with E-state index in [1.54, 1.807) is 30.3 Å². The van der Waals surface area contributed by atoms with Crippen LogP contribution in [0.25, 0.3) is 11.0 Å². The van der Waals surface area contributed by atoms with Crippen molar-refractivity contribution in [2.24, 2.45) is 0 Å². The van der Waals surface area contributed by atoms with Gasteiger partial charge in [0, 0.05) is 23.5 Å². The molecule has 1 aliphatic rings. The van der Waals surface area contributed by atoms with Gasteiger partial charge in [0.2, 0.25) is 0 Å². The average molecular weight is 495 g/mol. The average Bonchev–Trinajstić information content (AvgIpc) is 2.91. The van der Waals surface area contributed by atoms with Gasteiger partial charge in [-0.15, -0.1) is 6.58 Å². The zero-order valence-electron chi connectivity index (χ0n) is 19.8. The summed E-state index contributed by atoms with van der Waals surface area (Å²) in [5.41, 5.74) is 5.94. The molecular weight excluding hydrogens is 468 g/mol. The number of anilines is 2. The number of thiocarbonyl (C=S) groups is 1. The lowest BCUT2D eigenvalue weighted by molar-refractivity contribution is 0.102. The summed E-state index contributed by atoms with van der Waals surface area (Å²) < 4.78 is 5.89. The van der Waals surface area contributed by atoms with Crippen molar-refractivity contribution in [1.29, 1.82) is 0 Å². The van der Waals surface area contributed by atoms with E-state index in [0.717, 1.165) is 53.8 Å². The van der Waals surface area contributed by atoms with Gasteiger partial charge in [-0.25, -0.2) is 9.97 Å². The third-order valence-corrected chi connectivity index (χ3v) is 6.38. The van der Waals surface area contributed by atoms with Crippen LogP contribution in [-0.4, -0.2) is 27.6 Å². The number of para-hydroxylation sites is 1. The first-order chi connectivity index (χ1) is 17.6. The van der Waals surface area contributed by atoms with Crippen LogP contribution in [0.5, 0.6) is 5.75 Å². The Morgan fingerprint density at radius 2 is 1.67 bits per heavy atom. The molecule has 0 saturated heterocycles. The van der Waals surface area contributed by atoms with E-state index in [9.17, 15) is 4.79 Å². The highest BCUT2D eigenvalue weighted by atomic mass is 32.1. The molecule has 1 amide bonds. The monoisotopic (exact) mass is 494 g/mol. The Bertz CT molecular complexity index is 1420. The van der Waals surface area contributed by atoms with E-state index in [4.69, 9.17) is 26.9 Å². The number of nitrogens with one attached hydrogen (secondary N) is 1. The molecule has 36 heavy (non-hydrogen) atoms. The van der Waals surface area contributed by atoms with E-state index in [0.29, 0.717) is 28.7 Å². The van der Waals surface area contributed by atoms with E-state index < -0.39 is 0 Å². The van der Waals surface area contributed by atoms with Gasteiger partial charge >= 0.3 is 0 Å². The molecule has 0 fully saturated rings. The minimum absolute atomic E-state index is 0.216. The number of nitrogens with zero attached hydrogens (tertiary/aromatic N) is 3. The highest BCUT2D eigenvalue weighted by Crippen LogP contribution is 2.24. The minimum atomic E-state index is -0.216. The van der Waals surface area contributed by atoms with Crippen LogP contribution in [0, 0.1) is 0 Å². The van der Waals surface area contributed by atoms with Gasteiger partial charge in [0.05, 0.1) is 22.4 Å². The summed E-state index contributed by atoms with van der Waals surface area (Å²) in [6.07, 6.45) is 6.02. The largest absolute Gasteiger partial charge is 0.432 e. The number of carbonyl (C=O) groups excluding carboxylic acids is 1. The Morgan fingerprint density at radius 1 is 0.972 bits per heavy atom. The molecule has 1 aromatic heterocycles. The van der Waals surface area contributed by atoms with Crippen molar-refractivity contribution in [3.05, 3.63) is 102 Å². The molecule has 1 aliphatic carbocycles. The summed E-state index contributed by atoms with van der Waals surface area (Å²) in [4.78, 5) is 24.3. The molecule has 1 N–H and O–H groups in total. The number of aromatic nitrogens is 2. The second-order valence-corrected chi connectivity index (χ2v) is 8.96. The number of ether oxygens (including phenoxy) is 1. The molecule has 0 bridgehead atoms. The standard InChI is InChI=1S/C29H26N4O2S/c1-2-18-33(22-8-4-3-5-9-22)29(36)35-23-15-12-20(13-16-23)28(34)30-21-14-17-26-27(19-21)32-25-11-7-6-10-24(25)31-26/h2-5,8-9,12-17,19H,1,6-7,10-11,18H2,(H,30,34). The van der Waals surface area contributed by atoms with Gasteiger partial charge in [-0.1, -0.05) is 24.3 Å². The third-order valence-electron chi connectivity index (χ3n) is 6.08. The van der Waals surface area contributed by atoms with Gasteiger partial charge in [-0.05, 0) is 92.5 Å². The summed E-state index contributed by atoms with van der Waals surface area (Å²) in [6.45, 7) is 4.32. The van der Waals surface area contributed by atoms with Crippen molar-refractivity contribution in [2.75, 3.05) is 16.8 Å². The lowest BCUT2D eigenvalue weighted by Gasteiger charge is -2.23. The fourth-order valence-corrected chi connectivity index (χ4v) is 4.52. The second-order valence-electron chi connectivity index (χ2n) is 8.61. The van der Waals surface area contributed by atoms with Gasteiger partial charge in [-0.2, -0.15) is 0 Å². The topological polar surface area (TPSA) is 67.3 Å². The van der Waals surface area contributed by atoms with Gasteiger partial charge < -0.3 is 10.1 Å². The Hall–Kier alpha value is -4.10. The fourth-order valence-electron chi connectivity index (χ4n) is 4.25. The number of carbonyl (C=O) groups is 1. The van der Waals surface area contributed by atoms with Crippen LogP contribution in [-0.2, 0) is 12.8 Å². The molecular formula is C29H26N4O2S. The zero-order valence-corrected chi connectivity index (χ0v) is 20.6. The number of benzene rings is 3. The van der Waals surface area contributed by atoms with Crippen LogP contribution >= 0.6 is 12.2 Å². The highest BCUT2D eigenvalue weighted by molar-refractivity contribution is 7.80. The molecule has 4 aromatic rings. The predicted molar refractivity (Wildman–Crippen MR) is 148 cm³/mol. The van der Waals surface area contributed by atoms with E-state index in [1.165, 1.54) is 0 Å². The maximum atomic E-state index is 12.9. The Labute approximate surface area is 215 Å². The van der Waals surface area contributed by atoms with Crippen molar-refractivity contribution in [3.63, 3.8) is 0 Å². The van der Waals surface area contributed by atoms with Crippen LogP contribution in [0.1, 0.15) is 34.6 Å². The van der Waals surface area contributed by atoms with Crippen LogP contribution in [0.15, 0.2) is 85.5 Å². The molecule has 0 spiro atoms. The van der Waals surface area contributed by atoms with Crippen LogP contribution in [0.3, 0.4) is 0 Å². The SMILES string of the molecule is C=CCN(C(=S)Oc1ccc(C(=O)Nc2ccc3nc4c(nc3c2)CCCC4)cc1)c1ccccc1. The maximum absolute atomic E-state index is 12.9. The molecule has 0 aliphatic heterocycles.